The molecule has 0 unspecified atom stereocenters. The number of fused-ring (bicyclic) bond motifs is 1. The van der Waals surface area contributed by atoms with Gasteiger partial charge in [-0.1, -0.05) is 39.4 Å². The Balaban J connectivity index is 1.62. The maximum absolute atomic E-state index is 13.7. The average Bonchev–Trinajstić information content (AvgIpc) is 3.52. The predicted octanol–water partition coefficient (Wildman–Crippen LogP) is 4.74. The molecule has 0 bridgehead atoms. The zero-order valence-corrected chi connectivity index (χ0v) is 23.9. The molecule has 0 amide bonds. The van der Waals surface area contributed by atoms with Crippen molar-refractivity contribution in [2.24, 2.45) is 4.99 Å². The van der Waals surface area contributed by atoms with Crippen LogP contribution in [0.1, 0.15) is 31.2 Å². The Hall–Kier alpha value is -4.29. The van der Waals surface area contributed by atoms with Gasteiger partial charge in [0.2, 0.25) is 0 Å². The molecule has 1 atom stereocenters. The molecule has 0 radical (unpaired) electrons. The Morgan fingerprint density at radius 1 is 1.23 bits per heavy atom. The van der Waals surface area contributed by atoms with Crippen molar-refractivity contribution in [3.05, 3.63) is 111 Å². The van der Waals surface area contributed by atoms with Crippen LogP contribution in [0, 0.1) is 10.1 Å². The number of ether oxygens (including phenoxy) is 2. The average molecular weight is 624 g/mol. The Morgan fingerprint density at radius 3 is 2.65 bits per heavy atom. The van der Waals surface area contributed by atoms with Crippen molar-refractivity contribution in [3.63, 3.8) is 0 Å². The Kier molecular flexibility index (Phi) is 7.55. The Bertz CT molecular complexity index is 1850. The van der Waals surface area contributed by atoms with E-state index in [4.69, 9.17) is 13.9 Å². The lowest BCUT2D eigenvalue weighted by atomic mass is 9.96. The highest BCUT2D eigenvalue weighted by Gasteiger charge is 2.33. The zero-order chi connectivity index (χ0) is 28.6. The summed E-state index contributed by atoms with van der Waals surface area (Å²) in [4.78, 5) is 42.8. The second-order valence-corrected chi connectivity index (χ2v) is 10.6. The normalized spacial score (nSPS) is 15.0. The SMILES string of the molecule is CCOC(=O)C1=C(C)N=c2s/c(=C\c3ccc(-c4ccc(OC)cc4[N+](=O)[O-])o3)c(=O)n2[C@@H]1c1ccc(Br)cc1. The molecule has 0 fully saturated rings. The molecule has 0 saturated heterocycles. The highest BCUT2D eigenvalue weighted by Crippen LogP contribution is 2.34. The third-order valence-electron chi connectivity index (χ3n) is 6.27. The number of hydrogen-bond acceptors (Lipinski definition) is 9. The van der Waals surface area contributed by atoms with Gasteiger partial charge in [0.1, 0.15) is 17.3 Å². The van der Waals surface area contributed by atoms with Gasteiger partial charge in [-0.2, -0.15) is 0 Å². The number of allylic oxidation sites excluding steroid dienone is 1. The fourth-order valence-corrected chi connectivity index (χ4v) is 5.75. The zero-order valence-electron chi connectivity index (χ0n) is 21.5. The number of esters is 1. The van der Waals surface area contributed by atoms with Crippen LogP contribution in [0.2, 0.25) is 0 Å². The Labute approximate surface area is 239 Å². The van der Waals surface area contributed by atoms with E-state index in [0.717, 1.165) is 21.4 Å². The number of nitro groups is 1. The molecule has 204 valence electrons. The van der Waals surface area contributed by atoms with Crippen molar-refractivity contribution in [1.82, 2.24) is 4.57 Å². The van der Waals surface area contributed by atoms with Gasteiger partial charge in [-0.3, -0.25) is 19.5 Å². The number of carbonyl (C=O) groups is 1. The summed E-state index contributed by atoms with van der Waals surface area (Å²) in [7, 11) is 1.43. The van der Waals surface area contributed by atoms with E-state index in [0.29, 0.717) is 26.5 Å². The van der Waals surface area contributed by atoms with Crippen LogP contribution in [0.15, 0.2) is 84.5 Å². The smallest absolute Gasteiger partial charge is 0.338 e. The van der Waals surface area contributed by atoms with Crippen LogP contribution in [-0.4, -0.2) is 29.2 Å². The largest absolute Gasteiger partial charge is 0.497 e. The molecule has 1 aliphatic rings. The van der Waals surface area contributed by atoms with Crippen LogP contribution in [0.3, 0.4) is 0 Å². The first-order chi connectivity index (χ1) is 19.2. The molecule has 2 aromatic carbocycles. The first-order valence-electron chi connectivity index (χ1n) is 12.1. The quantitative estimate of drug-likeness (QED) is 0.165. The molecule has 1 aliphatic heterocycles. The van der Waals surface area contributed by atoms with Gasteiger partial charge in [-0.25, -0.2) is 9.79 Å². The van der Waals surface area contributed by atoms with E-state index in [1.165, 1.54) is 17.7 Å². The molecular weight excluding hydrogens is 602 g/mol. The second-order valence-electron chi connectivity index (χ2n) is 8.70. The molecule has 40 heavy (non-hydrogen) atoms. The van der Waals surface area contributed by atoms with Crippen molar-refractivity contribution >= 4 is 45.0 Å². The minimum atomic E-state index is -0.736. The summed E-state index contributed by atoms with van der Waals surface area (Å²) in [6.45, 7) is 3.62. The maximum Gasteiger partial charge on any atom is 0.338 e. The number of furan rings is 1. The summed E-state index contributed by atoms with van der Waals surface area (Å²) in [6, 6.07) is 14.3. The van der Waals surface area contributed by atoms with Crippen molar-refractivity contribution in [1.29, 1.82) is 0 Å². The highest BCUT2D eigenvalue weighted by atomic mass is 79.9. The highest BCUT2D eigenvalue weighted by molar-refractivity contribution is 9.10. The summed E-state index contributed by atoms with van der Waals surface area (Å²) in [5.41, 5.74) is 1.22. The van der Waals surface area contributed by atoms with E-state index >= 15 is 0 Å². The molecule has 0 saturated carbocycles. The number of nitrogens with zero attached hydrogens (tertiary/aromatic N) is 3. The maximum atomic E-state index is 13.7. The first kappa shape index (κ1) is 27.3. The van der Waals surface area contributed by atoms with Crippen LogP contribution in [0.5, 0.6) is 5.75 Å². The second kappa shape index (κ2) is 11.1. The van der Waals surface area contributed by atoms with Gasteiger partial charge in [0.05, 0.1) is 52.1 Å². The molecule has 0 N–H and O–H groups in total. The summed E-state index contributed by atoms with van der Waals surface area (Å²) >= 11 is 4.58. The van der Waals surface area contributed by atoms with E-state index < -0.39 is 16.9 Å². The van der Waals surface area contributed by atoms with Gasteiger partial charge in [0, 0.05) is 10.5 Å². The standard InChI is InChI=1S/C28H22BrN3O7S/c1-4-38-27(34)24-15(2)30-28-31(25(24)16-5-7-17(29)8-6-16)26(33)23(40-28)14-19-10-12-22(39-19)20-11-9-18(37-3)13-21(20)32(35)36/h5-14,25H,4H2,1-3H3/b23-14-/t25-/m1/s1. The number of carbonyl (C=O) groups excluding carboxylic acids is 1. The van der Waals surface area contributed by atoms with E-state index in [1.54, 1.807) is 44.2 Å². The molecule has 2 aromatic heterocycles. The summed E-state index contributed by atoms with van der Waals surface area (Å²) in [6.07, 6.45) is 1.56. The molecular formula is C28H22BrN3O7S. The van der Waals surface area contributed by atoms with Crippen molar-refractivity contribution < 1.29 is 23.6 Å². The molecule has 10 nitrogen and oxygen atoms in total. The number of methoxy groups -OCH3 is 1. The molecule has 0 spiro atoms. The third kappa shape index (κ3) is 5.03. The number of aromatic nitrogens is 1. The lowest BCUT2D eigenvalue weighted by Gasteiger charge is -2.24. The number of benzene rings is 2. The number of rotatable bonds is 7. The fraction of sp³-hybridized carbons (Fsp3) is 0.179. The van der Waals surface area contributed by atoms with Gasteiger partial charge in [-0.05, 0) is 55.8 Å². The molecule has 3 heterocycles. The minimum Gasteiger partial charge on any atom is -0.497 e. The minimum absolute atomic E-state index is 0.170. The van der Waals surface area contributed by atoms with E-state index in [2.05, 4.69) is 20.9 Å². The number of hydrogen-bond donors (Lipinski definition) is 0. The van der Waals surface area contributed by atoms with Crippen LogP contribution in [0.25, 0.3) is 17.4 Å². The monoisotopic (exact) mass is 623 g/mol. The number of nitro benzene ring substituents is 1. The number of thiazole rings is 1. The topological polar surface area (TPSA) is 126 Å². The van der Waals surface area contributed by atoms with Crippen LogP contribution < -0.4 is 19.6 Å². The Morgan fingerprint density at radius 2 is 1.98 bits per heavy atom. The van der Waals surface area contributed by atoms with Crippen LogP contribution >= 0.6 is 27.3 Å². The van der Waals surface area contributed by atoms with Crippen molar-refractivity contribution in [2.75, 3.05) is 13.7 Å². The van der Waals surface area contributed by atoms with Crippen LogP contribution in [0.4, 0.5) is 5.69 Å². The van der Waals surface area contributed by atoms with Gasteiger partial charge < -0.3 is 13.9 Å². The summed E-state index contributed by atoms with van der Waals surface area (Å²) in [5, 5.41) is 11.6. The van der Waals surface area contributed by atoms with Gasteiger partial charge in [0.25, 0.3) is 11.2 Å². The van der Waals surface area contributed by atoms with Crippen molar-refractivity contribution in [2.45, 2.75) is 19.9 Å². The molecule has 5 rings (SSSR count). The molecule has 12 heteroatoms. The van der Waals surface area contributed by atoms with Gasteiger partial charge >= 0.3 is 5.97 Å². The van der Waals surface area contributed by atoms with Gasteiger partial charge in [-0.15, -0.1) is 0 Å². The van der Waals surface area contributed by atoms with E-state index in [-0.39, 0.29) is 34.8 Å². The summed E-state index contributed by atoms with van der Waals surface area (Å²) in [5.74, 6) is 0.400. The fourth-order valence-electron chi connectivity index (χ4n) is 4.45. The van der Waals surface area contributed by atoms with E-state index in [9.17, 15) is 19.7 Å². The summed E-state index contributed by atoms with van der Waals surface area (Å²) < 4.78 is 19.0. The van der Waals surface area contributed by atoms with E-state index in [1.807, 2.05) is 24.3 Å². The van der Waals surface area contributed by atoms with Crippen LogP contribution in [-0.2, 0) is 9.53 Å². The first-order valence-corrected chi connectivity index (χ1v) is 13.7. The number of halogens is 1. The van der Waals surface area contributed by atoms with Crippen molar-refractivity contribution in [3.8, 4) is 17.1 Å². The third-order valence-corrected chi connectivity index (χ3v) is 7.78. The van der Waals surface area contributed by atoms with Gasteiger partial charge in [0.15, 0.2) is 4.80 Å². The molecule has 0 aliphatic carbocycles. The molecule has 4 aromatic rings. The lowest BCUT2D eigenvalue weighted by molar-refractivity contribution is -0.384. The lowest BCUT2D eigenvalue weighted by Crippen LogP contribution is -2.39. The predicted molar refractivity (Wildman–Crippen MR) is 152 cm³/mol.